The zero-order chi connectivity index (χ0) is 15.0. The summed E-state index contributed by atoms with van der Waals surface area (Å²) in [5.74, 6) is 0. The van der Waals surface area contributed by atoms with Crippen molar-refractivity contribution in [2.45, 2.75) is 13.8 Å². The Morgan fingerprint density at radius 2 is 2.14 bits per heavy atom. The van der Waals surface area contributed by atoms with Gasteiger partial charge in [0.1, 0.15) is 10.8 Å². The summed E-state index contributed by atoms with van der Waals surface area (Å²) in [5.41, 5.74) is 4.48. The van der Waals surface area contributed by atoms with E-state index in [0.717, 1.165) is 22.6 Å². The molecule has 0 radical (unpaired) electrons. The van der Waals surface area contributed by atoms with Gasteiger partial charge in [-0.15, -0.1) is 0 Å². The number of rotatable bonds is 2. The fraction of sp³-hybridized carbons (Fsp3) is 0.125. The first kappa shape index (κ1) is 13.2. The van der Waals surface area contributed by atoms with E-state index in [4.69, 9.17) is 0 Å². The lowest BCUT2D eigenvalue weighted by Gasteiger charge is -2.08. The number of H-pyrrole nitrogens is 2. The second kappa shape index (κ2) is 4.94. The highest BCUT2D eigenvalue weighted by Gasteiger charge is 2.09. The maximum absolute atomic E-state index is 11.7. The van der Waals surface area contributed by atoms with Crippen LogP contribution in [0.25, 0.3) is 18.3 Å². The molecule has 0 aliphatic rings. The molecule has 0 saturated carbocycles. The summed E-state index contributed by atoms with van der Waals surface area (Å²) in [5, 5.41) is 0.506. The van der Waals surface area contributed by atoms with Crippen molar-refractivity contribution in [3.05, 3.63) is 68.7 Å². The normalized spacial score (nSPS) is 12.0. The van der Waals surface area contributed by atoms with Gasteiger partial charge in [0.05, 0.1) is 11.9 Å². The SMILES string of the molecule is C=c1[nH]c(=O)/c(=C\c2cc(C)n(-c3cccnc3)c2C)[nH]1. The molecule has 2 N–H and O–H groups in total. The lowest BCUT2D eigenvalue weighted by Crippen LogP contribution is -2.22. The molecule has 0 unspecified atom stereocenters. The third-order valence-electron chi connectivity index (χ3n) is 3.47. The van der Waals surface area contributed by atoms with E-state index in [0.29, 0.717) is 10.8 Å². The Kier molecular flexibility index (Phi) is 3.10. The van der Waals surface area contributed by atoms with E-state index in [1.165, 1.54) is 0 Å². The van der Waals surface area contributed by atoms with E-state index >= 15 is 0 Å². The smallest absolute Gasteiger partial charge is 0.273 e. The lowest BCUT2D eigenvalue weighted by atomic mass is 10.2. The standard InChI is InChI=1S/C16H16N4O/c1-10-7-13(8-15-16(21)19-12(3)18-15)11(2)20(10)14-5-4-6-17-9-14/h4-9,18H,3H2,1-2H3,(H,19,21)/b15-8+. The number of hydrogen-bond donors (Lipinski definition) is 2. The highest BCUT2D eigenvalue weighted by Crippen LogP contribution is 2.20. The quantitative estimate of drug-likeness (QED) is 0.727. The minimum atomic E-state index is -0.161. The van der Waals surface area contributed by atoms with Crippen LogP contribution in [0.1, 0.15) is 17.0 Å². The van der Waals surface area contributed by atoms with Crippen LogP contribution in [0, 0.1) is 13.8 Å². The average Bonchev–Trinajstić information content (AvgIpc) is 2.91. The van der Waals surface area contributed by atoms with Crippen molar-refractivity contribution in [3.8, 4) is 5.69 Å². The molecule has 3 aromatic rings. The minimum absolute atomic E-state index is 0.161. The Hall–Kier alpha value is -2.82. The van der Waals surface area contributed by atoms with Gasteiger partial charge in [0.25, 0.3) is 5.56 Å². The molecule has 0 aromatic carbocycles. The van der Waals surface area contributed by atoms with Crippen LogP contribution in [-0.2, 0) is 0 Å². The summed E-state index contributed by atoms with van der Waals surface area (Å²) in [7, 11) is 0. The lowest BCUT2D eigenvalue weighted by molar-refractivity contribution is 0.954. The monoisotopic (exact) mass is 280 g/mol. The number of pyridine rings is 1. The Labute approximate surface area is 121 Å². The average molecular weight is 280 g/mol. The van der Waals surface area contributed by atoms with E-state index in [-0.39, 0.29) is 5.56 Å². The number of nitrogens with one attached hydrogen (secondary N) is 2. The summed E-state index contributed by atoms with van der Waals surface area (Å²) in [6.07, 6.45) is 5.40. The third-order valence-corrected chi connectivity index (χ3v) is 3.47. The molecule has 0 atom stereocenters. The third kappa shape index (κ3) is 2.33. The predicted molar refractivity (Wildman–Crippen MR) is 82.8 cm³/mol. The number of hydrogen-bond acceptors (Lipinski definition) is 2. The zero-order valence-electron chi connectivity index (χ0n) is 12.0. The van der Waals surface area contributed by atoms with Gasteiger partial charge in [0.15, 0.2) is 0 Å². The topological polar surface area (TPSA) is 66.5 Å². The maximum Gasteiger partial charge on any atom is 0.273 e. The molecule has 5 heteroatoms. The predicted octanol–water partition coefficient (Wildman–Crippen LogP) is 0.745. The van der Waals surface area contributed by atoms with Crippen molar-refractivity contribution >= 4 is 12.7 Å². The molecule has 21 heavy (non-hydrogen) atoms. The molecule has 106 valence electrons. The van der Waals surface area contributed by atoms with Crippen LogP contribution in [0.5, 0.6) is 0 Å². The van der Waals surface area contributed by atoms with Crippen molar-refractivity contribution in [2.75, 3.05) is 0 Å². The molecule has 0 amide bonds. The highest BCUT2D eigenvalue weighted by atomic mass is 16.1. The largest absolute Gasteiger partial charge is 0.338 e. The van der Waals surface area contributed by atoms with Gasteiger partial charge in [-0.2, -0.15) is 0 Å². The molecule has 3 heterocycles. The zero-order valence-corrected chi connectivity index (χ0v) is 12.0. The second-order valence-corrected chi connectivity index (χ2v) is 4.99. The molecule has 3 aromatic heterocycles. The van der Waals surface area contributed by atoms with Crippen molar-refractivity contribution in [1.29, 1.82) is 0 Å². The van der Waals surface area contributed by atoms with Crippen molar-refractivity contribution < 1.29 is 0 Å². The summed E-state index contributed by atoms with van der Waals surface area (Å²) < 4.78 is 2.11. The summed E-state index contributed by atoms with van der Waals surface area (Å²) >= 11 is 0. The van der Waals surface area contributed by atoms with Gasteiger partial charge in [0.2, 0.25) is 0 Å². The van der Waals surface area contributed by atoms with Crippen LogP contribution in [0.2, 0.25) is 0 Å². The first-order chi connectivity index (χ1) is 10.1. The van der Waals surface area contributed by atoms with Crippen molar-refractivity contribution in [2.24, 2.45) is 0 Å². The van der Waals surface area contributed by atoms with Crippen LogP contribution < -0.4 is 16.4 Å². The molecule has 0 bridgehead atoms. The molecule has 5 nitrogen and oxygen atoms in total. The van der Waals surface area contributed by atoms with Crippen molar-refractivity contribution in [1.82, 2.24) is 19.5 Å². The number of nitrogens with zero attached hydrogens (tertiary/aromatic N) is 2. The van der Waals surface area contributed by atoms with E-state index in [2.05, 4.69) is 26.1 Å². The Morgan fingerprint density at radius 3 is 2.76 bits per heavy atom. The van der Waals surface area contributed by atoms with Crippen LogP contribution in [0.3, 0.4) is 0 Å². The maximum atomic E-state index is 11.7. The van der Waals surface area contributed by atoms with Crippen molar-refractivity contribution in [3.63, 3.8) is 0 Å². The molecular formula is C16H16N4O. The van der Waals surface area contributed by atoms with Crippen LogP contribution in [-0.4, -0.2) is 19.5 Å². The molecular weight excluding hydrogens is 264 g/mol. The Balaban J connectivity index is 2.20. The molecule has 0 fully saturated rings. The number of aromatic nitrogens is 4. The molecule has 3 rings (SSSR count). The summed E-state index contributed by atoms with van der Waals surface area (Å²) in [6.45, 7) is 7.74. The number of aromatic amines is 2. The Morgan fingerprint density at radius 1 is 1.33 bits per heavy atom. The number of imidazole rings is 1. The van der Waals surface area contributed by atoms with Gasteiger partial charge in [-0.05, 0) is 43.7 Å². The molecule has 0 aliphatic heterocycles. The number of aryl methyl sites for hydroxylation is 1. The first-order valence-corrected chi connectivity index (χ1v) is 6.64. The van der Waals surface area contributed by atoms with E-state index in [9.17, 15) is 4.79 Å². The molecule has 0 saturated heterocycles. The second-order valence-electron chi connectivity index (χ2n) is 4.99. The highest BCUT2D eigenvalue weighted by molar-refractivity contribution is 5.55. The first-order valence-electron chi connectivity index (χ1n) is 6.64. The van der Waals surface area contributed by atoms with Gasteiger partial charge < -0.3 is 14.5 Å². The van der Waals surface area contributed by atoms with Crippen LogP contribution in [0.4, 0.5) is 0 Å². The fourth-order valence-corrected chi connectivity index (χ4v) is 2.53. The van der Waals surface area contributed by atoms with E-state index in [1.54, 1.807) is 6.20 Å². The Bertz CT molecular complexity index is 945. The molecule has 0 aliphatic carbocycles. The van der Waals surface area contributed by atoms with Gasteiger partial charge in [0, 0.05) is 17.6 Å². The summed E-state index contributed by atoms with van der Waals surface area (Å²) in [6, 6.07) is 5.96. The van der Waals surface area contributed by atoms with Gasteiger partial charge >= 0.3 is 0 Å². The molecule has 0 spiro atoms. The van der Waals surface area contributed by atoms with Crippen LogP contribution in [0.15, 0.2) is 35.4 Å². The summed E-state index contributed by atoms with van der Waals surface area (Å²) in [4.78, 5) is 21.5. The van der Waals surface area contributed by atoms with Gasteiger partial charge in [-0.25, -0.2) is 0 Å². The van der Waals surface area contributed by atoms with Crippen LogP contribution >= 0.6 is 0 Å². The van der Waals surface area contributed by atoms with E-state index in [1.807, 2.05) is 44.3 Å². The van der Waals surface area contributed by atoms with Gasteiger partial charge in [-0.3, -0.25) is 9.78 Å². The fourth-order valence-electron chi connectivity index (χ4n) is 2.53. The van der Waals surface area contributed by atoms with E-state index < -0.39 is 0 Å². The van der Waals surface area contributed by atoms with Gasteiger partial charge in [-0.1, -0.05) is 6.58 Å². The minimum Gasteiger partial charge on any atom is -0.338 e.